The van der Waals surface area contributed by atoms with Crippen LogP contribution in [0, 0.1) is 12.7 Å². The van der Waals surface area contributed by atoms with E-state index in [1.165, 1.54) is 17.2 Å². The van der Waals surface area contributed by atoms with E-state index in [0.29, 0.717) is 5.56 Å². The molecular weight excluding hydrogens is 237 g/mol. The number of nitrogens with one attached hydrogen (secondary N) is 1. The molecule has 0 radical (unpaired) electrons. The van der Waals surface area contributed by atoms with E-state index in [2.05, 4.69) is 43.4 Å². The van der Waals surface area contributed by atoms with Gasteiger partial charge in [-0.15, -0.1) is 0 Å². The number of hydrogen-bond donors (Lipinski definition) is 1. The molecule has 0 aliphatic carbocycles. The third-order valence-corrected chi connectivity index (χ3v) is 3.41. The fraction of sp³-hybridized carbons (Fsp3) is 0.294. The summed E-state index contributed by atoms with van der Waals surface area (Å²) in [5, 5.41) is 3.44. The number of aryl methyl sites for hydroxylation is 1. The lowest BCUT2D eigenvalue weighted by atomic mass is 10.0. The van der Waals surface area contributed by atoms with E-state index in [9.17, 15) is 4.39 Å². The van der Waals surface area contributed by atoms with Crippen molar-refractivity contribution in [3.63, 3.8) is 0 Å². The number of benzene rings is 2. The van der Waals surface area contributed by atoms with Crippen molar-refractivity contribution < 1.29 is 4.39 Å². The third-order valence-electron chi connectivity index (χ3n) is 3.41. The second-order valence-corrected chi connectivity index (χ2v) is 5.05. The molecule has 0 aliphatic heterocycles. The molecular formula is C17H20FN. The fourth-order valence-electron chi connectivity index (χ4n) is 2.33. The van der Waals surface area contributed by atoms with Gasteiger partial charge in [-0.2, -0.15) is 0 Å². The quantitative estimate of drug-likeness (QED) is 0.847. The monoisotopic (exact) mass is 257 g/mol. The topological polar surface area (TPSA) is 12.0 Å². The molecule has 1 nitrogen and oxygen atoms in total. The molecule has 2 aromatic carbocycles. The molecule has 2 rings (SSSR count). The Bertz CT molecular complexity index is 550. The van der Waals surface area contributed by atoms with Crippen LogP contribution in [-0.2, 0) is 0 Å². The number of hydrogen-bond acceptors (Lipinski definition) is 1. The average molecular weight is 257 g/mol. The van der Waals surface area contributed by atoms with Gasteiger partial charge in [-0.3, -0.25) is 0 Å². The number of rotatable bonds is 4. The van der Waals surface area contributed by atoms with Crippen LogP contribution in [0.15, 0.2) is 48.5 Å². The molecule has 100 valence electrons. The molecule has 0 saturated heterocycles. The Morgan fingerprint density at radius 1 is 0.947 bits per heavy atom. The first-order valence-corrected chi connectivity index (χ1v) is 6.65. The minimum Gasteiger partial charge on any atom is -0.304 e. The predicted molar refractivity (Wildman–Crippen MR) is 77.5 cm³/mol. The van der Waals surface area contributed by atoms with Crippen LogP contribution in [0.3, 0.4) is 0 Å². The average Bonchev–Trinajstić information content (AvgIpc) is 2.39. The van der Waals surface area contributed by atoms with Gasteiger partial charge < -0.3 is 5.32 Å². The molecule has 2 heteroatoms. The molecule has 0 heterocycles. The Balaban J connectivity index is 2.11. The van der Waals surface area contributed by atoms with Gasteiger partial charge in [0, 0.05) is 17.6 Å². The van der Waals surface area contributed by atoms with E-state index >= 15 is 0 Å². The zero-order valence-electron chi connectivity index (χ0n) is 11.7. The minimum absolute atomic E-state index is 0.0169. The molecule has 0 fully saturated rings. The second kappa shape index (κ2) is 5.98. The van der Waals surface area contributed by atoms with Crippen LogP contribution in [0.1, 0.15) is 42.6 Å². The van der Waals surface area contributed by atoms with Crippen LogP contribution in [-0.4, -0.2) is 0 Å². The molecule has 0 bridgehead atoms. The molecule has 0 saturated carbocycles. The van der Waals surface area contributed by atoms with Gasteiger partial charge in [-0.05, 0) is 32.4 Å². The van der Waals surface area contributed by atoms with E-state index in [0.717, 1.165) is 0 Å². The van der Waals surface area contributed by atoms with E-state index in [-0.39, 0.29) is 17.9 Å². The molecule has 19 heavy (non-hydrogen) atoms. The maximum atomic E-state index is 13.7. The Kier molecular flexibility index (Phi) is 4.33. The highest BCUT2D eigenvalue weighted by Gasteiger charge is 2.13. The van der Waals surface area contributed by atoms with Crippen molar-refractivity contribution in [3.8, 4) is 0 Å². The fourth-order valence-corrected chi connectivity index (χ4v) is 2.33. The van der Waals surface area contributed by atoms with Crippen molar-refractivity contribution in [2.24, 2.45) is 0 Å². The zero-order valence-corrected chi connectivity index (χ0v) is 11.7. The van der Waals surface area contributed by atoms with E-state index in [4.69, 9.17) is 0 Å². The van der Waals surface area contributed by atoms with E-state index in [1.54, 1.807) is 6.07 Å². The molecule has 2 aromatic rings. The second-order valence-electron chi connectivity index (χ2n) is 5.05. The Labute approximate surface area is 114 Å². The van der Waals surface area contributed by atoms with E-state index in [1.807, 2.05) is 19.1 Å². The van der Waals surface area contributed by atoms with Crippen LogP contribution in [0.2, 0.25) is 0 Å². The maximum absolute atomic E-state index is 13.7. The van der Waals surface area contributed by atoms with Gasteiger partial charge in [-0.1, -0.05) is 48.0 Å². The molecule has 0 spiro atoms. The molecule has 0 amide bonds. The van der Waals surface area contributed by atoms with Crippen molar-refractivity contribution in [2.45, 2.75) is 32.9 Å². The minimum atomic E-state index is -0.154. The van der Waals surface area contributed by atoms with Crippen LogP contribution in [0.25, 0.3) is 0 Å². The normalized spacial score (nSPS) is 14.1. The molecule has 1 unspecified atom stereocenters. The van der Waals surface area contributed by atoms with Crippen molar-refractivity contribution in [2.75, 3.05) is 0 Å². The largest absolute Gasteiger partial charge is 0.304 e. The molecule has 1 N–H and O–H groups in total. The Morgan fingerprint density at radius 3 is 2.37 bits per heavy atom. The van der Waals surface area contributed by atoms with Crippen molar-refractivity contribution in [1.82, 2.24) is 5.32 Å². The highest BCUT2D eigenvalue weighted by Crippen LogP contribution is 2.21. The van der Waals surface area contributed by atoms with Gasteiger partial charge >= 0.3 is 0 Å². The van der Waals surface area contributed by atoms with Gasteiger partial charge in [0.1, 0.15) is 5.82 Å². The van der Waals surface area contributed by atoms with Gasteiger partial charge in [0.2, 0.25) is 0 Å². The van der Waals surface area contributed by atoms with Crippen molar-refractivity contribution >= 4 is 0 Å². The lowest BCUT2D eigenvalue weighted by Gasteiger charge is -2.21. The highest BCUT2D eigenvalue weighted by molar-refractivity contribution is 5.26. The summed E-state index contributed by atoms with van der Waals surface area (Å²) in [6.07, 6.45) is 0. The van der Waals surface area contributed by atoms with Gasteiger partial charge in [0.25, 0.3) is 0 Å². The Morgan fingerprint density at radius 2 is 1.68 bits per heavy atom. The third kappa shape index (κ3) is 3.42. The van der Waals surface area contributed by atoms with Crippen molar-refractivity contribution in [1.29, 1.82) is 0 Å². The first kappa shape index (κ1) is 13.8. The highest BCUT2D eigenvalue weighted by atomic mass is 19.1. The zero-order chi connectivity index (χ0) is 13.8. The maximum Gasteiger partial charge on any atom is 0.127 e. The van der Waals surface area contributed by atoms with Gasteiger partial charge in [0.15, 0.2) is 0 Å². The van der Waals surface area contributed by atoms with Crippen LogP contribution in [0.4, 0.5) is 4.39 Å². The predicted octanol–water partition coefficient (Wildman–Crippen LogP) is 4.55. The SMILES string of the molecule is Cc1cccc([C@H](C)NC(C)c2ccccc2F)c1. The summed E-state index contributed by atoms with van der Waals surface area (Å²) in [6.45, 7) is 6.17. The van der Waals surface area contributed by atoms with Crippen LogP contribution in [0.5, 0.6) is 0 Å². The summed E-state index contributed by atoms with van der Waals surface area (Å²) in [6, 6.07) is 15.5. The lowest BCUT2D eigenvalue weighted by molar-refractivity contribution is 0.474. The van der Waals surface area contributed by atoms with Gasteiger partial charge in [0.05, 0.1) is 0 Å². The first-order chi connectivity index (χ1) is 9.08. The summed E-state index contributed by atoms with van der Waals surface area (Å²) in [7, 11) is 0. The van der Waals surface area contributed by atoms with E-state index < -0.39 is 0 Å². The van der Waals surface area contributed by atoms with Gasteiger partial charge in [-0.25, -0.2) is 4.39 Å². The summed E-state index contributed by atoms with van der Waals surface area (Å²) in [5.41, 5.74) is 3.18. The molecule has 2 atom stereocenters. The standard InChI is InChI=1S/C17H20FN/c1-12-7-6-8-15(11-12)13(2)19-14(3)16-9-4-5-10-17(16)18/h4-11,13-14,19H,1-3H3/t13-,14?/m0/s1. The summed E-state index contributed by atoms with van der Waals surface area (Å²) in [5.74, 6) is -0.154. The smallest absolute Gasteiger partial charge is 0.127 e. The summed E-state index contributed by atoms with van der Waals surface area (Å²) in [4.78, 5) is 0. The number of halogens is 1. The first-order valence-electron chi connectivity index (χ1n) is 6.65. The molecule has 0 aliphatic rings. The summed E-state index contributed by atoms with van der Waals surface area (Å²) >= 11 is 0. The van der Waals surface area contributed by atoms with Crippen molar-refractivity contribution in [3.05, 3.63) is 71.0 Å². The molecule has 0 aromatic heterocycles. The summed E-state index contributed by atoms with van der Waals surface area (Å²) < 4.78 is 13.7. The lowest BCUT2D eigenvalue weighted by Crippen LogP contribution is -2.23. The van der Waals surface area contributed by atoms with Crippen LogP contribution < -0.4 is 5.32 Å². The van der Waals surface area contributed by atoms with Crippen LogP contribution >= 0.6 is 0 Å². The Hall–Kier alpha value is -1.67.